The summed E-state index contributed by atoms with van der Waals surface area (Å²) in [4.78, 5) is 0. The lowest BCUT2D eigenvalue weighted by Crippen LogP contribution is -2.27. The maximum Gasteiger partial charge on any atom is 0.211 e. The van der Waals surface area contributed by atoms with E-state index in [1.807, 2.05) is 30.3 Å². The zero-order valence-corrected chi connectivity index (χ0v) is 9.05. The molecule has 0 saturated carbocycles. The molecule has 0 aliphatic rings. The molecule has 0 heterocycles. The number of hydrogen-bond donors (Lipinski definition) is 1. The van der Waals surface area contributed by atoms with Crippen molar-refractivity contribution in [2.24, 2.45) is 0 Å². The van der Waals surface area contributed by atoms with Crippen molar-refractivity contribution in [3.63, 3.8) is 0 Å². The van der Waals surface area contributed by atoms with Crippen LogP contribution in [-0.4, -0.2) is 20.7 Å². The third kappa shape index (κ3) is 3.89. The van der Waals surface area contributed by atoms with Gasteiger partial charge in [-0.1, -0.05) is 30.3 Å². The molecule has 1 aromatic carbocycles. The normalized spacial score (nSPS) is 11.5. The van der Waals surface area contributed by atoms with Crippen LogP contribution in [-0.2, 0) is 16.4 Å². The summed E-state index contributed by atoms with van der Waals surface area (Å²) in [6, 6.07) is 9.81. The summed E-state index contributed by atoms with van der Waals surface area (Å²) in [7, 11) is -3.04. The van der Waals surface area contributed by atoms with Gasteiger partial charge < -0.3 is 0 Å². The third-order valence-corrected chi connectivity index (χ3v) is 3.36. The molecule has 0 unspecified atom stereocenters. The van der Waals surface area contributed by atoms with Crippen LogP contribution < -0.4 is 4.72 Å². The van der Waals surface area contributed by atoms with Crippen LogP contribution >= 0.6 is 0 Å². The van der Waals surface area contributed by atoms with E-state index < -0.39 is 10.0 Å². The summed E-state index contributed by atoms with van der Waals surface area (Å²) in [5.41, 5.74) is 1.14. The molecule has 78 valence electrons. The van der Waals surface area contributed by atoms with Gasteiger partial charge in [0.15, 0.2) is 0 Å². The van der Waals surface area contributed by atoms with E-state index in [4.69, 9.17) is 0 Å². The van der Waals surface area contributed by atoms with Gasteiger partial charge in [0.1, 0.15) is 0 Å². The second kappa shape index (κ2) is 5.12. The van der Waals surface area contributed by atoms with Crippen molar-refractivity contribution in [3.8, 4) is 0 Å². The lowest BCUT2D eigenvalue weighted by atomic mass is 10.2. The quantitative estimate of drug-likeness (QED) is 0.798. The van der Waals surface area contributed by atoms with Gasteiger partial charge in [-0.15, -0.1) is 0 Å². The van der Waals surface area contributed by atoms with Crippen LogP contribution in [0.4, 0.5) is 0 Å². The van der Waals surface area contributed by atoms with Crippen LogP contribution in [0.25, 0.3) is 0 Å². The highest BCUT2D eigenvalue weighted by atomic mass is 32.2. The Balaban J connectivity index is 2.37. The fraction of sp³-hybridized carbons (Fsp3) is 0.400. The highest BCUT2D eigenvalue weighted by Crippen LogP contribution is 1.98. The van der Waals surface area contributed by atoms with E-state index in [0.717, 1.165) is 12.0 Å². The second-order valence-corrected chi connectivity index (χ2v) is 5.13. The molecule has 0 aliphatic carbocycles. The SMILES string of the molecule is CCS(=O)(=O)NCCc1ccccc1. The fourth-order valence-corrected chi connectivity index (χ4v) is 1.71. The Hall–Kier alpha value is -0.870. The number of nitrogens with one attached hydrogen (secondary N) is 1. The Kier molecular flexibility index (Phi) is 4.10. The van der Waals surface area contributed by atoms with Crippen LogP contribution in [0, 0.1) is 0 Å². The van der Waals surface area contributed by atoms with Crippen LogP contribution in [0.5, 0.6) is 0 Å². The molecule has 1 N–H and O–H groups in total. The second-order valence-electron chi connectivity index (χ2n) is 3.03. The number of sulfonamides is 1. The summed E-state index contributed by atoms with van der Waals surface area (Å²) in [5, 5.41) is 0. The number of rotatable bonds is 5. The average Bonchev–Trinajstić information content (AvgIpc) is 2.19. The van der Waals surface area contributed by atoms with Gasteiger partial charge in [0.05, 0.1) is 5.75 Å². The summed E-state index contributed by atoms with van der Waals surface area (Å²) < 4.78 is 24.7. The highest BCUT2D eigenvalue weighted by molar-refractivity contribution is 7.89. The summed E-state index contributed by atoms with van der Waals surface area (Å²) in [6.07, 6.45) is 0.736. The van der Waals surface area contributed by atoms with E-state index >= 15 is 0 Å². The van der Waals surface area contributed by atoms with Crippen LogP contribution in [0.15, 0.2) is 30.3 Å². The van der Waals surface area contributed by atoms with Gasteiger partial charge in [0.2, 0.25) is 10.0 Å². The van der Waals surface area contributed by atoms with Crippen LogP contribution in [0.1, 0.15) is 12.5 Å². The van der Waals surface area contributed by atoms with Crippen molar-refractivity contribution in [1.29, 1.82) is 0 Å². The summed E-state index contributed by atoms with van der Waals surface area (Å²) >= 11 is 0. The van der Waals surface area contributed by atoms with Crippen molar-refractivity contribution in [1.82, 2.24) is 4.72 Å². The Morgan fingerprint density at radius 3 is 2.43 bits per heavy atom. The molecular weight excluding hydrogens is 198 g/mol. The van der Waals surface area contributed by atoms with Crippen molar-refractivity contribution in [2.45, 2.75) is 13.3 Å². The molecule has 4 heteroatoms. The smallest absolute Gasteiger partial charge is 0.211 e. The molecule has 0 spiro atoms. The van der Waals surface area contributed by atoms with Crippen molar-refractivity contribution < 1.29 is 8.42 Å². The van der Waals surface area contributed by atoms with E-state index in [2.05, 4.69) is 4.72 Å². The molecule has 3 nitrogen and oxygen atoms in total. The Morgan fingerprint density at radius 2 is 1.86 bits per heavy atom. The summed E-state index contributed by atoms with van der Waals surface area (Å²) in [6.45, 7) is 2.10. The van der Waals surface area contributed by atoms with Crippen LogP contribution in [0.3, 0.4) is 0 Å². The van der Waals surface area contributed by atoms with E-state index in [0.29, 0.717) is 6.54 Å². The van der Waals surface area contributed by atoms with Gasteiger partial charge in [0.25, 0.3) is 0 Å². The minimum Gasteiger partial charge on any atom is -0.215 e. The van der Waals surface area contributed by atoms with Gasteiger partial charge in [-0.25, -0.2) is 13.1 Å². The zero-order valence-electron chi connectivity index (χ0n) is 8.23. The summed E-state index contributed by atoms with van der Waals surface area (Å²) in [5.74, 6) is 0.141. The zero-order chi connectivity index (χ0) is 10.4. The van der Waals surface area contributed by atoms with E-state index in [1.165, 1.54) is 0 Å². The van der Waals surface area contributed by atoms with Gasteiger partial charge in [-0.3, -0.25) is 0 Å². The lowest BCUT2D eigenvalue weighted by molar-refractivity contribution is 0.583. The predicted molar refractivity (Wildman–Crippen MR) is 57.6 cm³/mol. The van der Waals surface area contributed by atoms with E-state index in [9.17, 15) is 8.42 Å². The first-order chi connectivity index (χ1) is 6.64. The molecule has 0 radical (unpaired) electrons. The molecule has 0 aliphatic heterocycles. The monoisotopic (exact) mass is 213 g/mol. The van der Waals surface area contributed by atoms with Gasteiger partial charge in [-0.05, 0) is 18.9 Å². The predicted octanol–water partition coefficient (Wildman–Crippen LogP) is 1.17. The van der Waals surface area contributed by atoms with Crippen molar-refractivity contribution in [3.05, 3.63) is 35.9 Å². The highest BCUT2D eigenvalue weighted by Gasteiger charge is 2.04. The maximum absolute atomic E-state index is 11.1. The average molecular weight is 213 g/mol. The molecule has 0 saturated heterocycles. The van der Waals surface area contributed by atoms with Gasteiger partial charge in [0, 0.05) is 6.54 Å². The molecule has 0 aromatic heterocycles. The molecule has 0 amide bonds. The lowest BCUT2D eigenvalue weighted by Gasteiger charge is -2.03. The first-order valence-corrected chi connectivity index (χ1v) is 6.30. The fourth-order valence-electron chi connectivity index (χ4n) is 1.10. The molecule has 14 heavy (non-hydrogen) atoms. The standard InChI is InChI=1S/C10H15NO2S/c1-2-14(12,13)11-9-8-10-6-4-3-5-7-10/h3-7,11H,2,8-9H2,1H3. The molecule has 1 rings (SSSR count). The van der Waals surface area contributed by atoms with Crippen molar-refractivity contribution in [2.75, 3.05) is 12.3 Å². The maximum atomic E-state index is 11.1. The third-order valence-electron chi connectivity index (χ3n) is 1.96. The molecule has 0 fully saturated rings. The van der Waals surface area contributed by atoms with Crippen LogP contribution in [0.2, 0.25) is 0 Å². The minimum absolute atomic E-state index is 0.141. The van der Waals surface area contributed by atoms with Gasteiger partial charge >= 0.3 is 0 Å². The molecule has 0 bridgehead atoms. The molecular formula is C10H15NO2S. The number of hydrogen-bond acceptors (Lipinski definition) is 2. The van der Waals surface area contributed by atoms with Gasteiger partial charge in [-0.2, -0.15) is 0 Å². The Bertz CT molecular complexity index is 359. The molecule has 1 aromatic rings. The largest absolute Gasteiger partial charge is 0.215 e. The first kappa shape index (κ1) is 11.2. The molecule has 0 atom stereocenters. The van der Waals surface area contributed by atoms with E-state index in [1.54, 1.807) is 6.92 Å². The number of benzene rings is 1. The van der Waals surface area contributed by atoms with Crippen molar-refractivity contribution >= 4 is 10.0 Å². The first-order valence-electron chi connectivity index (χ1n) is 4.65. The topological polar surface area (TPSA) is 46.2 Å². The Labute approximate surface area is 85.2 Å². The Morgan fingerprint density at radius 1 is 1.21 bits per heavy atom. The van der Waals surface area contributed by atoms with E-state index in [-0.39, 0.29) is 5.75 Å². The minimum atomic E-state index is -3.04.